The third-order valence-electron chi connectivity index (χ3n) is 3.39. The van der Waals surface area contributed by atoms with Crippen molar-refractivity contribution in [2.75, 3.05) is 0 Å². The Hall–Kier alpha value is -2.18. The highest BCUT2D eigenvalue weighted by Crippen LogP contribution is 2.25. The second kappa shape index (κ2) is 5.47. The molecule has 0 unspecified atom stereocenters. The van der Waals surface area contributed by atoms with Crippen molar-refractivity contribution in [3.05, 3.63) is 69.3 Å². The van der Waals surface area contributed by atoms with E-state index < -0.39 is 26.2 Å². The highest BCUT2D eigenvalue weighted by Gasteiger charge is 2.24. The standard InChI is InChI=1S/C16H10ClFO4S/c1-9-6-12(3-4-13(9)18)23(20,21)15-8-10-7-11(17)2-5-14(10)22-16(15)19/h2-8H,1H3. The molecule has 4 nitrogen and oxygen atoms in total. The number of sulfone groups is 1. The molecule has 118 valence electrons. The molecule has 3 rings (SSSR count). The summed E-state index contributed by atoms with van der Waals surface area (Å²) in [5.41, 5.74) is -0.588. The van der Waals surface area contributed by atoms with Gasteiger partial charge in [0.15, 0.2) is 4.90 Å². The summed E-state index contributed by atoms with van der Waals surface area (Å²) in [4.78, 5) is 11.3. The topological polar surface area (TPSA) is 64.3 Å². The Morgan fingerprint density at radius 2 is 1.83 bits per heavy atom. The van der Waals surface area contributed by atoms with Gasteiger partial charge in [-0.2, -0.15) is 0 Å². The first-order valence-corrected chi connectivity index (χ1v) is 8.40. The van der Waals surface area contributed by atoms with Crippen LogP contribution in [0.25, 0.3) is 11.0 Å². The molecule has 0 fully saturated rings. The molecule has 0 spiro atoms. The normalized spacial score (nSPS) is 11.8. The lowest BCUT2D eigenvalue weighted by Crippen LogP contribution is -2.14. The van der Waals surface area contributed by atoms with Gasteiger partial charge in [-0.25, -0.2) is 17.6 Å². The Balaban J connectivity index is 2.27. The Bertz CT molecular complexity index is 1090. The van der Waals surface area contributed by atoms with E-state index in [0.29, 0.717) is 10.4 Å². The average Bonchev–Trinajstić information content (AvgIpc) is 2.49. The quantitative estimate of drug-likeness (QED) is 0.520. The van der Waals surface area contributed by atoms with Crippen LogP contribution in [0.3, 0.4) is 0 Å². The van der Waals surface area contributed by atoms with Crippen molar-refractivity contribution in [1.82, 2.24) is 0 Å². The van der Waals surface area contributed by atoms with Crippen molar-refractivity contribution < 1.29 is 17.2 Å². The van der Waals surface area contributed by atoms with Gasteiger partial charge >= 0.3 is 5.63 Å². The highest BCUT2D eigenvalue weighted by atomic mass is 35.5. The predicted octanol–water partition coefficient (Wildman–Crippen LogP) is 3.73. The van der Waals surface area contributed by atoms with Gasteiger partial charge in [0.05, 0.1) is 4.90 Å². The number of hydrogen-bond donors (Lipinski definition) is 0. The molecule has 23 heavy (non-hydrogen) atoms. The largest absolute Gasteiger partial charge is 0.422 e. The average molecular weight is 353 g/mol. The summed E-state index contributed by atoms with van der Waals surface area (Å²) >= 11 is 5.87. The molecule has 0 radical (unpaired) electrons. The molecule has 0 aliphatic heterocycles. The Kier molecular flexibility index (Phi) is 3.74. The molecule has 1 heterocycles. The molecule has 1 aromatic heterocycles. The second-order valence-electron chi connectivity index (χ2n) is 4.99. The van der Waals surface area contributed by atoms with Gasteiger partial charge < -0.3 is 4.42 Å². The van der Waals surface area contributed by atoms with E-state index in [-0.39, 0.29) is 16.0 Å². The van der Waals surface area contributed by atoms with Gasteiger partial charge in [0.1, 0.15) is 11.4 Å². The van der Waals surface area contributed by atoms with E-state index in [9.17, 15) is 17.6 Å². The van der Waals surface area contributed by atoms with Crippen LogP contribution in [0, 0.1) is 12.7 Å². The first-order chi connectivity index (χ1) is 10.8. The number of hydrogen-bond acceptors (Lipinski definition) is 4. The zero-order chi connectivity index (χ0) is 16.8. The third kappa shape index (κ3) is 2.75. The summed E-state index contributed by atoms with van der Waals surface area (Å²) in [5, 5.41) is 0.766. The zero-order valence-corrected chi connectivity index (χ0v) is 13.4. The van der Waals surface area contributed by atoms with Gasteiger partial charge in [0, 0.05) is 10.4 Å². The molecule has 0 aliphatic rings. The van der Waals surface area contributed by atoms with Gasteiger partial charge in [0.25, 0.3) is 0 Å². The van der Waals surface area contributed by atoms with Crippen LogP contribution in [-0.4, -0.2) is 8.42 Å². The Morgan fingerprint density at radius 3 is 2.52 bits per heavy atom. The van der Waals surface area contributed by atoms with Crippen molar-refractivity contribution in [2.24, 2.45) is 0 Å². The predicted molar refractivity (Wildman–Crippen MR) is 84.1 cm³/mol. The lowest BCUT2D eigenvalue weighted by Gasteiger charge is -2.06. The number of aryl methyl sites for hydroxylation is 1. The Morgan fingerprint density at radius 1 is 1.09 bits per heavy atom. The van der Waals surface area contributed by atoms with Gasteiger partial charge in [-0.15, -0.1) is 0 Å². The van der Waals surface area contributed by atoms with Crippen LogP contribution in [0.1, 0.15) is 5.56 Å². The highest BCUT2D eigenvalue weighted by molar-refractivity contribution is 7.91. The van der Waals surface area contributed by atoms with Crippen LogP contribution >= 0.6 is 11.6 Å². The molecule has 0 amide bonds. The number of fused-ring (bicyclic) bond motifs is 1. The fraction of sp³-hybridized carbons (Fsp3) is 0.0625. The van der Waals surface area contributed by atoms with Gasteiger partial charge in [-0.05, 0) is 55.0 Å². The van der Waals surface area contributed by atoms with Gasteiger partial charge in [-0.3, -0.25) is 0 Å². The van der Waals surface area contributed by atoms with Crippen LogP contribution in [0.2, 0.25) is 5.02 Å². The van der Waals surface area contributed by atoms with Crippen molar-refractivity contribution in [1.29, 1.82) is 0 Å². The smallest absolute Gasteiger partial charge is 0.355 e. The number of rotatable bonds is 2. The van der Waals surface area contributed by atoms with Crippen LogP contribution in [-0.2, 0) is 9.84 Å². The molecule has 3 aromatic rings. The lowest BCUT2D eigenvalue weighted by atomic mass is 10.2. The summed E-state index contributed by atoms with van der Waals surface area (Å²) in [5.74, 6) is -0.527. The molecule has 7 heteroatoms. The van der Waals surface area contributed by atoms with E-state index in [1.165, 1.54) is 37.3 Å². The fourth-order valence-corrected chi connectivity index (χ4v) is 3.73. The first-order valence-electron chi connectivity index (χ1n) is 6.54. The summed E-state index contributed by atoms with van der Waals surface area (Å²) in [6.07, 6.45) is 0. The molecule has 0 aliphatic carbocycles. The van der Waals surface area contributed by atoms with Crippen LogP contribution in [0.5, 0.6) is 0 Å². The van der Waals surface area contributed by atoms with E-state index in [2.05, 4.69) is 0 Å². The van der Waals surface area contributed by atoms with Crippen LogP contribution in [0.15, 0.2) is 61.5 Å². The maximum Gasteiger partial charge on any atom is 0.355 e. The van der Waals surface area contributed by atoms with E-state index >= 15 is 0 Å². The minimum absolute atomic E-state index is 0.166. The van der Waals surface area contributed by atoms with Crippen molar-refractivity contribution in [3.63, 3.8) is 0 Å². The molecule has 0 atom stereocenters. The molecule has 0 saturated carbocycles. The molecular formula is C16H10ClFO4S. The maximum absolute atomic E-state index is 13.3. The second-order valence-corrected chi connectivity index (χ2v) is 7.35. The molecule has 0 saturated heterocycles. The zero-order valence-electron chi connectivity index (χ0n) is 11.8. The van der Waals surface area contributed by atoms with Crippen LogP contribution in [0.4, 0.5) is 4.39 Å². The van der Waals surface area contributed by atoms with Gasteiger partial charge in [-0.1, -0.05) is 11.6 Å². The first kappa shape index (κ1) is 15.7. The number of benzene rings is 2. The van der Waals surface area contributed by atoms with Gasteiger partial charge in [0.2, 0.25) is 9.84 Å². The molecular weight excluding hydrogens is 343 g/mol. The molecule has 0 bridgehead atoms. The minimum atomic E-state index is -4.13. The van der Waals surface area contributed by atoms with Crippen LogP contribution < -0.4 is 5.63 Å². The molecule has 2 aromatic carbocycles. The van der Waals surface area contributed by atoms with Crippen molar-refractivity contribution in [2.45, 2.75) is 16.7 Å². The van der Waals surface area contributed by atoms with Crippen molar-refractivity contribution in [3.8, 4) is 0 Å². The monoisotopic (exact) mass is 352 g/mol. The fourth-order valence-electron chi connectivity index (χ4n) is 2.17. The minimum Gasteiger partial charge on any atom is -0.422 e. The van der Waals surface area contributed by atoms with E-state index in [0.717, 1.165) is 12.1 Å². The Labute approximate surface area is 136 Å². The summed E-state index contributed by atoms with van der Waals surface area (Å²) in [6, 6.07) is 9.05. The van der Waals surface area contributed by atoms with E-state index in [1.807, 2.05) is 0 Å². The number of halogens is 2. The lowest BCUT2D eigenvalue weighted by molar-refractivity contribution is 0.532. The van der Waals surface area contributed by atoms with E-state index in [1.54, 1.807) is 0 Å². The summed E-state index contributed by atoms with van der Waals surface area (Å²) in [7, 11) is -4.13. The maximum atomic E-state index is 13.3. The van der Waals surface area contributed by atoms with E-state index in [4.69, 9.17) is 16.0 Å². The van der Waals surface area contributed by atoms with Crippen molar-refractivity contribution >= 4 is 32.4 Å². The summed E-state index contributed by atoms with van der Waals surface area (Å²) in [6.45, 7) is 1.44. The molecule has 0 N–H and O–H groups in total. The summed E-state index contributed by atoms with van der Waals surface area (Å²) < 4.78 is 43.6. The third-order valence-corrected chi connectivity index (χ3v) is 5.36. The SMILES string of the molecule is Cc1cc(S(=O)(=O)c2cc3cc(Cl)ccc3oc2=O)ccc1F.